The molecular formula is C7H11ClO3. The molecule has 0 aromatic carbocycles. The lowest BCUT2D eigenvalue weighted by Gasteiger charge is -2.20. The Bertz CT molecular complexity index is 175. The van der Waals surface area contributed by atoms with Crippen LogP contribution in [0.15, 0.2) is 11.6 Å². The summed E-state index contributed by atoms with van der Waals surface area (Å²) in [6.45, 7) is 6.22. The molecule has 1 unspecified atom stereocenters. The van der Waals surface area contributed by atoms with E-state index in [9.17, 15) is 9.90 Å². The van der Waals surface area contributed by atoms with E-state index < -0.39 is 11.8 Å². The van der Waals surface area contributed by atoms with E-state index in [0.29, 0.717) is 6.42 Å². The summed E-state index contributed by atoms with van der Waals surface area (Å²) in [5.74, 6) is -2.24. The zero-order chi connectivity index (χ0) is 9.07. The first-order valence-corrected chi connectivity index (χ1v) is 3.57. The molecule has 0 rings (SSSR count). The maximum atomic E-state index is 10.7. The lowest BCUT2D eigenvalue weighted by molar-refractivity contribution is -0.197. The molecule has 0 heterocycles. The van der Waals surface area contributed by atoms with Gasteiger partial charge in [0.25, 0.3) is 0 Å². The highest BCUT2D eigenvalue weighted by molar-refractivity contribution is 6.40. The van der Waals surface area contributed by atoms with Crippen molar-refractivity contribution < 1.29 is 14.6 Å². The van der Waals surface area contributed by atoms with Crippen molar-refractivity contribution >= 4 is 17.6 Å². The fraction of sp³-hybridized carbons (Fsp3) is 0.571. The Morgan fingerprint density at radius 2 is 2.27 bits per heavy atom. The average Bonchev–Trinajstić information content (AvgIpc) is 1.87. The van der Waals surface area contributed by atoms with E-state index in [1.54, 1.807) is 6.92 Å². The van der Waals surface area contributed by atoms with Gasteiger partial charge in [-0.15, -0.1) is 0 Å². The van der Waals surface area contributed by atoms with Gasteiger partial charge >= 0.3 is 5.97 Å². The molecule has 3 nitrogen and oxygen atoms in total. The van der Waals surface area contributed by atoms with E-state index in [0.717, 1.165) is 0 Å². The Morgan fingerprint density at radius 1 is 1.82 bits per heavy atom. The van der Waals surface area contributed by atoms with Crippen molar-refractivity contribution in [2.24, 2.45) is 0 Å². The lowest BCUT2D eigenvalue weighted by Crippen LogP contribution is -2.30. The molecule has 1 N–H and O–H groups in total. The molecular weight excluding hydrogens is 168 g/mol. The van der Waals surface area contributed by atoms with Crippen LogP contribution < -0.4 is 0 Å². The maximum Gasteiger partial charge on any atom is 0.351 e. The number of ether oxygens (including phenoxy) is 1. The van der Waals surface area contributed by atoms with Crippen LogP contribution in [-0.2, 0) is 9.53 Å². The first kappa shape index (κ1) is 10.5. The second-order valence-electron chi connectivity index (χ2n) is 2.32. The van der Waals surface area contributed by atoms with E-state index in [1.807, 2.05) is 0 Å². The van der Waals surface area contributed by atoms with E-state index in [2.05, 4.69) is 11.3 Å². The summed E-state index contributed by atoms with van der Waals surface area (Å²) in [5.41, 5.74) is 0. The molecule has 0 amide bonds. The van der Waals surface area contributed by atoms with E-state index in [1.165, 1.54) is 6.92 Å². The van der Waals surface area contributed by atoms with Crippen LogP contribution in [0.3, 0.4) is 0 Å². The predicted molar refractivity (Wildman–Crippen MR) is 42.0 cm³/mol. The Kier molecular flexibility index (Phi) is 3.55. The lowest BCUT2D eigenvalue weighted by atomic mass is 10.2. The number of halogens is 1. The summed E-state index contributed by atoms with van der Waals surface area (Å²) in [7, 11) is 0. The third-order valence-corrected chi connectivity index (χ3v) is 1.34. The second kappa shape index (κ2) is 3.74. The first-order chi connectivity index (χ1) is 4.89. The van der Waals surface area contributed by atoms with Crippen LogP contribution in [0.25, 0.3) is 0 Å². The molecule has 0 aliphatic rings. The highest BCUT2D eigenvalue weighted by Crippen LogP contribution is 2.13. The third kappa shape index (κ3) is 4.01. The van der Waals surface area contributed by atoms with Crippen molar-refractivity contribution in [2.45, 2.75) is 26.1 Å². The molecule has 0 fully saturated rings. The van der Waals surface area contributed by atoms with E-state index >= 15 is 0 Å². The molecule has 0 radical (unpaired) electrons. The Morgan fingerprint density at radius 3 is 2.55 bits per heavy atom. The summed E-state index contributed by atoms with van der Waals surface area (Å²) >= 11 is 5.21. The molecule has 0 aliphatic heterocycles. The van der Waals surface area contributed by atoms with Gasteiger partial charge in [0, 0.05) is 13.3 Å². The number of hydrogen-bond donors (Lipinski definition) is 1. The molecule has 0 aromatic heterocycles. The van der Waals surface area contributed by atoms with Gasteiger partial charge in [0.2, 0.25) is 5.79 Å². The zero-order valence-electron chi connectivity index (χ0n) is 6.56. The number of carbonyl (C=O) groups is 1. The van der Waals surface area contributed by atoms with Gasteiger partial charge in [-0.3, -0.25) is 0 Å². The van der Waals surface area contributed by atoms with Gasteiger partial charge in [0.15, 0.2) is 0 Å². The Labute approximate surface area is 70.6 Å². The van der Waals surface area contributed by atoms with Crippen LogP contribution in [0.1, 0.15) is 20.3 Å². The minimum absolute atomic E-state index is 0.237. The standard InChI is InChI=1S/C7H11ClO3/c1-4-7(3,10)11-6(9)5(2)8/h10H,2,4H2,1,3H3. The maximum absolute atomic E-state index is 10.7. The molecule has 1 atom stereocenters. The van der Waals surface area contributed by atoms with Crippen molar-refractivity contribution in [3.63, 3.8) is 0 Å². The fourth-order valence-corrected chi connectivity index (χ4v) is 0.366. The number of esters is 1. The van der Waals surface area contributed by atoms with E-state index in [-0.39, 0.29) is 5.03 Å². The molecule has 0 saturated carbocycles. The highest BCUT2D eigenvalue weighted by atomic mass is 35.5. The average molecular weight is 179 g/mol. The number of carbonyl (C=O) groups excluding carboxylic acids is 1. The smallest absolute Gasteiger partial charge is 0.351 e. The number of aliphatic hydroxyl groups is 1. The van der Waals surface area contributed by atoms with Crippen LogP contribution in [0.2, 0.25) is 0 Å². The van der Waals surface area contributed by atoms with Crippen molar-refractivity contribution in [2.75, 3.05) is 0 Å². The van der Waals surface area contributed by atoms with Crippen molar-refractivity contribution in [3.8, 4) is 0 Å². The molecule has 64 valence electrons. The van der Waals surface area contributed by atoms with Gasteiger partial charge in [-0.1, -0.05) is 25.1 Å². The van der Waals surface area contributed by atoms with Crippen LogP contribution in [0.5, 0.6) is 0 Å². The monoisotopic (exact) mass is 178 g/mol. The highest BCUT2D eigenvalue weighted by Gasteiger charge is 2.23. The van der Waals surface area contributed by atoms with Gasteiger partial charge in [-0.25, -0.2) is 4.79 Å². The quantitative estimate of drug-likeness (QED) is 0.404. The summed E-state index contributed by atoms with van der Waals surface area (Å²) in [5, 5.41) is 8.96. The molecule has 11 heavy (non-hydrogen) atoms. The minimum atomic E-state index is -1.45. The number of rotatable bonds is 3. The third-order valence-electron chi connectivity index (χ3n) is 1.19. The predicted octanol–water partition coefficient (Wildman–Crippen LogP) is 1.40. The van der Waals surface area contributed by atoms with Gasteiger partial charge in [-0.2, -0.15) is 0 Å². The summed E-state index contributed by atoms with van der Waals surface area (Å²) in [4.78, 5) is 10.7. The molecule has 4 heteroatoms. The summed E-state index contributed by atoms with van der Waals surface area (Å²) < 4.78 is 4.53. The van der Waals surface area contributed by atoms with Gasteiger partial charge in [-0.05, 0) is 0 Å². The number of hydrogen-bond acceptors (Lipinski definition) is 3. The normalized spacial score (nSPS) is 15.3. The summed E-state index contributed by atoms with van der Waals surface area (Å²) in [6, 6.07) is 0. The van der Waals surface area contributed by atoms with Crippen molar-refractivity contribution in [3.05, 3.63) is 11.6 Å². The van der Waals surface area contributed by atoms with Crippen LogP contribution >= 0.6 is 11.6 Å². The Balaban J connectivity index is 4.04. The van der Waals surface area contributed by atoms with Crippen LogP contribution in [0.4, 0.5) is 0 Å². The second-order valence-corrected chi connectivity index (χ2v) is 2.78. The zero-order valence-corrected chi connectivity index (χ0v) is 7.31. The Hall–Kier alpha value is -0.540. The fourth-order valence-electron chi connectivity index (χ4n) is 0.327. The minimum Gasteiger partial charge on any atom is -0.429 e. The van der Waals surface area contributed by atoms with Crippen molar-refractivity contribution in [1.82, 2.24) is 0 Å². The molecule has 0 bridgehead atoms. The SMILES string of the molecule is C=C(Cl)C(=O)OC(C)(O)CC. The van der Waals surface area contributed by atoms with Crippen molar-refractivity contribution in [1.29, 1.82) is 0 Å². The van der Waals surface area contributed by atoms with Crippen LogP contribution in [-0.4, -0.2) is 16.9 Å². The molecule has 0 saturated heterocycles. The van der Waals surface area contributed by atoms with Crippen LogP contribution in [0, 0.1) is 0 Å². The van der Waals surface area contributed by atoms with Gasteiger partial charge < -0.3 is 9.84 Å². The molecule has 0 aromatic rings. The van der Waals surface area contributed by atoms with Gasteiger partial charge in [0.05, 0.1) is 0 Å². The van der Waals surface area contributed by atoms with Gasteiger partial charge in [0.1, 0.15) is 5.03 Å². The molecule has 0 spiro atoms. The largest absolute Gasteiger partial charge is 0.429 e. The summed E-state index contributed by atoms with van der Waals surface area (Å²) in [6.07, 6.45) is 0.308. The topological polar surface area (TPSA) is 46.5 Å². The molecule has 0 aliphatic carbocycles. The first-order valence-electron chi connectivity index (χ1n) is 3.19. The van der Waals surface area contributed by atoms with E-state index in [4.69, 9.17) is 11.6 Å².